The van der Waals surface area contributed by atoms with Crippen LogP contribution in [0.3, 0.4) is 0 Å². The number of rotatable bonds is 6. The van der Waals surface area contributed by atoms with E-state index in [9.17, 15) is 0 Å². The van der Waals surface area contributed by atoms with Gasteiger partial charge in [-0.3, -0.25) is 0 Å². The van der Waals surface area contributed by atoms with Crippen LogP contribution in [0, 0.1) is 0 Å². The minimum Gasteiger partial charge on any atom is -0.493 e. The molecule has 0 aliphatic rings. The molecule has 0 unspecified atom stereocenters. The molecule has 29 heavy (non-hydrogen) atoms. The van der Waals surface area contributed by atoms with Gasteiger partial charge in [-0.25, -0.2) is 4.98 Å². The van der Waals surface area contributed by atoms with Crippen LogP contribution in [-0.2, 0) is 6.54 Å². The molecule has 0 saturated carbocycles. The Morgan fingerprint density at radius 1 is 0.862 bits per heavy atom. The first-order chi connectivity index (χ1) is 14.1. The number of hydrogen-bond acceptors (Lipinski definition) is 3. The number of hydrogen-bond donors (Lipinski definition) is 0. The van der Waals surface area contributed by atoms with E-state index in [-0.39, 0.29) is 0 Å². The predicted molar refractivity (Wildman–Crippen MR) is 118 cm³/mol. The fourth-order valence-corrected chi connectivity index (χ4v) is 3.62. The summed E-state index contributed by atoms with van der Waals surface area (Å²) in [4.78, 5) is 4.92. The molecule has 0 saturated heterocycles. The minimum atomic E-state index is 0.528. The monoisotopic (exact) mass is 386 g/mol. The molecular weight excluding hydrogens is 360 g/mol. The van der Waals surface area contributed by atoms with E-state index in [1.807, 2.05) is 24.3 Å². The number of aromatic nitrogens is 2. The molecular formula is C25H26N2O2. The van der Waals surface area contributed by atoms with Crippen LogP contribution in [0.5, 0.6) is 11.5 Å². The Labute approximate surface area is 171 Å². The standard InChI is InChI=1S/C25H26N2O2/c1-17(2)19-11-9-18(10-12-19)16-27-22-8-6-5-7-21(22)26-25(27)20-13-14-23(28-3)24(15-20)29-4/h5-15,17H,16H2,1-4H3. The Morgan fingerprint density at radius 2 is 1.59 bits per heavy atom. The number of para-hydroxylation sites is 2. The van der Waals surface area contributed by atoms with Crippen molar-refractivity contribution in [1.82, 2.24) is 9.55 Å². The summed E-state index contributed by atoms with van der Waals surface area (Å²) in [5.41, 5.74) is 5.70. The van der Waals surface area contributed by atoms with E-state index in [1.54, 1.807) is 14.2 Å². The zero-order valence-electron chi connectivity index (χ0n) is 17.3. The molecule has 0 N–H and O–H groups in total. The van der Waals surface area contributed by atoms with E-state index in [4.69, 9.17) is 14.5 Å². The van der Waals surface area contributed by atoms with Crippen LogP contribution in [0.1, 0.15) is 30.9 Å². The number of nitrogens with zero attached hydrogens (tertiary/aromatic N) is 2. The molecule has 0 bridgehead atoms. The van der Waals surface area contributed by atoms with Gasteiger partial charge in [0.05, 0.1) is 25.3 Å². The fourth-order valence-electron chi connectivity index (χ4n) is 3.62. The maximum atomic E-state index is 5.50. The van der Waals surface area contributed by atoms with Crippen molar-refractivity contribution in [3.8, 4) is 22.9 Å². The third-order valence-corrected chi connectivity index (χ3v) is 5.28. The maximum Gasteiger partial charge on any atom is 0.161 e. The van der Waals surface area contributed by atoms with Crippen molar-refractivity contribution in [2.24, 2.45) is 0 Å². The summed E-state index contributed by atoms with van der Waals surface area (Å²) in [6, 6.07) is 23.0. The van der Waals surface area contributed by atoms with Gasteiger partial charge in [-0.1, -0.05) is 50.2 Å². The highest BCUT2D eigenvalue weighted by atomic mass is 16.5. The molecule has 3 aromatic carbocycles. The number of benzene rings is 3. The summed E-state index contributed by atoms with van der Waals surface area (Å²) < 4.78 is 13.2. The first kappa shape index (κ1) is 19.1. The van der Waals surface area contributed by atoms with Gasteiger partial charge in [0.1, 0.15) is 5.82 Å². The molecule has 4 heteroatoms. The highest BCUT2D eigenvalue weighted by Gasteiger charge is 2.15. The summed E-state index contributed by atoms with van der Waals surface area (Å²) in [5.74, 6) is 2.86. The van der Waals surface area contributed by atoms with Gasteiger partial charge in [-0.05, 0) is 47.4 Å². The largest absolute Gasteiger partial charge is 0.493 e. The molecule has 4 aromatic rings. The van der Waals surface area contributed by atoms with Crippen molar-refractivity contribution in [1.29, 1.82) is 0 Å². The zero-order valence-corrected chi connectivity index (χ0v) is 17.3. The van der Waals surface area contributed by atoms with Crippen molar-refractivity contribution in [3.05, 3.63) is 77.9 Å². The molecule has 1 heterocycles. The summed E-state index contributed by atoms with van der Waals surface area (Å²) in [5, 5.41) is 0. The van der Waals surface area contributed by atoms with Crippen LogP contribution in [0.2, 0.25) is 0 Å². The molecule has 0 fully saturated rings. The van der Waals surface area contributed by atoms with E-state index >= 15 is 0 Å². The number of methoxy groups -OCH3 is 2. The summed E-state index contributed by atoms with van der Waals surface area (Å²) in [6.07, 6.45) is 0. The van der Waals surface area contributed by atoms with Crippen molar-refractivity contribution in [3.63, 3.8) is 0 Å². The number of ether oxygens (including phenoxy) is 2. The van der Waals surface area contributed by atoms with E-state index in [2.05, 4.69) is 60.9 Å². The third-order valence-electron chi connectivity index (χ3n) is 5.28. The Balaban J connectivity index is 1.81. The Bertz CT molecular complexity index is 1130. The van der Waals surface area contributed by atoms with Gasteiger partial charge in [-0.2, -0.15) is 0 Å². The van der Waals surface area contributed by atoms with Gasteiger partial charge in [0, 0.05) is 12.1 Å². The van der Waals surface area contributed by atoms with E-state index < -0.39 is 0 Å². The maximum absolute atomic E-state index is 5.50. The summed E-state index contributed by atoms with van der Waals surface area (Å²) in [7, 11) is 3.30. The zero-order chi connectivity index (χ0) is 20.4. The summed E-state index contributed by atoms with van der Waals surface area (Å²) >= 11 is 0. The molecule has 4 nitrogen and oxygen atoms in total. The minimum absolute atomic E-state index is 0.528. The first-order valence-corrected chi connectivity index (χ1v) is 9.87. The van der Waals surface area contributed by atoms with Gasteiger partial charge in [0.25, 0.3) is 0 Å². The first-order valence-electron chi connectivity index (χ1n) is 9.87. The highest BCUT2D eigenvalue weighted by molar-refractivity contribution is 5.81. The predicted octanol–water partition coefficient (Wildman–Crippen LogP) is 5.89. The Hall–Kier alpha value is -3.27. The van der Waals surface area contributed by atoms with Gasteiger partial charge in [-0.15, -0.1) is 0 Å². The topological polar surface area (TPSA) is 36.3 Å². The lowest BCUT2D eigenvalue weighted by molar-refractivity contribution is 0.355. The lowest BCUT2D eigenvalue weighted by atomic mass is 10.0. The van der Waals surface area contributed by atoms with Gasteiger partial charge in [0.15, 0.2) is 11.5 Å². The number of fused-ring (bicyclic) bond motifs is 1. The van der Waals surface area contributed by atoms with Crippen molar-refractivity contribution in [2.45, 2.75) is 26.3 Å². The summed E-state index contributed by atoms with van der Waals surface area (Å²) in [6.45, 7) is 5.18. The average molecular weight is 386 g/mol. The molecule has 0 atom stereocenters. The van der Waals surface area contributed by atoms with Crippen LogP contribution >= 0.6 is 0 Å². The second-order valence-electron chi connectivity index (χ2n) is 7.48. The molecule has 0 spiro atoms. The van der Waals surface area contributed by atoms with E-state index in [0.29, 0.717) is 17.4 Å². The Morgan fingerprint density at radius 3 is 2.28 bits per heavy atom. The van der Waals surface area contributed by atoms with Crippen LogP contribution < -0.4 is 9.47 Å². The fraction of sp³-hybridized carbons (Fsp3) is 0.240. The van der Waals surface area contributed by atoms with Crippen molar-refractivity contribution >= 4 is 11.0 Å². The van der Waals surface area contributed by atoms with Crippen LogP contribution in [-0.4, -0.2) is 23.8 Å². The van der Waals surface area contributed by atoms with E-state index in [1.165, 1.54) is 11.1 Å². The normalized spacial score (nSPS) is 11.2. The highest BCUT2D eigenvalue weighted by Crippen LogP contribution is 2.33. The molecule has 0 amide bonds. The molecule has 148 valence electrons. The second-order valence-corrected chi connectivity index (χ2v) is 7.48. The molecule has 0 radical (unpaired) electrons. The quantitative estimate of drug-likeness (QED) is 0.414. The van der Waals surface area contributed by atoms with Crippen molar-refractivity contribution in [2.75, 3.05) is 14.2 Å². The molecule has 0 aliphatic carbocycles. The third kappa shape index (κ3) is 3.70. The van der Waals surface area contributed by atoms with Gasteiger partial charge in [0.2, 0.25) is 0 Å². The van der Waals surface area contributed by atoms with Gasteiger partial charge < -0.3 is 14.0 Å². The molecule has 1 aromatic heterocycles. The van der Waals surface area contributed by atoms with Crippen molar-refractivity contribution < 1.29 is 9.47 Å². The smallest absolute Gasteiger partial charge is 0.161 e. The molecule has 4 rings (SSSR count). The number of imidazole rings is 1. The Kier molecular flexibility index (Phi) is 5.26. The lowest BCUT2D eigenvalue weighted by Gasteiger charge is -2.13. The molecule has 0 aliphatic heterocycles. The average Bonchev–Trinajstić information content (AvgIpc) is 3.12. The lowest BCUT2D eigenvalue weighted by Crippen LogP contribution is -2.03. The van der Waals surface area contributed by atoms with Crippen LogP contribution in [0.4, 0.5) is 0 Å². The SMILES string of the molecule is COc1ccc(-c2nc3ccccc3n2Cc2ccc(C(C)C)cc2)cc1OC. The van der Waals surface area contributed by atoms with Gasteiger partial charge >= 0.3 is 0 Å². The van der Waals surface area contributed by atoms with Crippen LogP contribution in [0.15, 0.2) is 66.7 Å². The van der Waals surface area contributed by atoms with Crippen LogP contribution in [0.25, 0.3) is 22.4 Å². The second kappa shape index (κ2) is 8.00. The van der Waals surface area contributed by atoms with E-state index in [0.717, 1.165) is 29.0 Å².